The molecule has 1 N–H and O–H groups in total. The molecule has 13 heavy (non-hydrogen) atoms. The number of hydrogen-bond donors (Lipinski definition) is 1. The highest BCUT2D eigenvalue weighted by Gasteiger charge is 2.15. The van der Waals surface area contributed by atoms with E-state index in [4.69, 9.17) is 5.11 Å². The van der Waals surface area contributed by atoms with Gasteiger partial charge < -0.3 is 5.11 Å². The monoisotopic (exact) mass is 175 g/mol. The first kappa shape index (κ1) is 7.79. The van der Waals surface area contributed by atoms with Crippen LogP contribution >= 0.6 is 0 Å². The Balaban J connectivity index is 2.49. The Bertz CT molecular complexity index is 410. The quantitative estimate of drug-likeness (QED) is 0.700. The highest BCUT2D eigenvalue weighted by molar-refractivity contribution is 6.06. The summed E-state index contributed by atoms with van der Waals surface area (Å²) in [4.78, 5) is 10.6. The first-order chi connectivity index (χ1) is 6.18. The van der Waals surface area contributed by atoms with Crippen LogP contribution in [-0.4, -0.2) is 16.8 Å². The van der Waals surface area contributed by atoms with E-state index in [1.54, 1.807) is 12.1 Å². The van der Waals surface area contributed by atoms with E-state index in [2.05, 4.69) is 10.5 Å². The van der Waals surface area contributed by atoms with E-state index >= 15 is 0 Å². The van der Waals surface area contributed by atoms with Crippen LogP contribution in [0.1, 0.15) is 22.8 Å². The maximum atomic E-state index is 10.6. The number of benzene rings is 1. The summed E-state index contributed by atoms with van der Waals surface area (Å²) < 4.78 is 0. The van der Waals surface area contributed by atoms with Gasteiger partial charge in [-0.2, -0.15) is 10.5 Å². The van der Waals surface area contributed by atoms with E-state index in [0.29, 0.717) is 5.69 Å². The molecule has 1 heterocycles. The first-order valence-electron chi connectivity index (χ1n) is 3.81. The number of aromatic carboxylic acids is 1. The van der Waals surface area contributed by atoms with E-state index in [1.165, 1.54) is 6.07 Å². The van der Waals surface area contributed by atoms with Crippen LogP contribution in [0, 0.1) is 0 Å². The van der Waals surface area contributed by atoms with E-state index in [1.807, 2.05) is 6.92 Å². The van der Waals surface area contributed by atoms with E-state index in [0.717, 1.165) is 11.3 Å². The number of fused-ring (bicyclic) bond motifs is 1. The average molecular weight is 175 g/mol. The van der Waals surface area contributed by atoms with Crippen LogP contribution in [0.2, 0.25) is 0 Å². The highest BCUT2D eigenvalue weighted by atomic mass is 16.4. The molecule has 0 saturated carbocycles. The minimum absolute atomic E-state index is 0.243. The van der Waals surface area contributed by atoms with Crippen molar-refractivity contribution in [2.24, 2.45) is 5.10 Å². The van der Waals surface area contributed by atoms with Crippen LogP contribution in [-0.2, 0) is 0 Å². The largest absolute Gasteiger partial charge is 0.478 e. The molecule has 0 aliphatic carbocycles. The van der Waals surface area contributed by atoms with Crippen LogP contribution < -0.4 is 5.43 Å². The Hall–Kier alpha value is -1.84. The molecule has 0 unspecified atom stereocenters. The van der Waals surface area contributed by atoms with Crippen molar-refractivity contribution in [1.82, 2.24) is 5.43 Å². The third-order valence-corrected chi connectivity index (χ3v) is 1.94. The molecule has 0 spiro atoms. The summed E-state index contributed by atoms with van der Waals surface area (Å²) in [5.74, 6) is -0.942. The van der Waals surface area contributed by atoms with Gasteiger partial charge in [0.05, 0.1) is 17.0 Å². The zero-order valence-corrected chi connectivity index (χ0v) is 6.98. The van der Waals surface area contributed by atoms with Crippen LogP contribution in [0.25, 0.3) is 0 Å². The van der Waals surface area contributed by atoms with Gasteiger partial charge in [-0.3, -0.25) is 0 Å². The maximum absolute atomic E-state index is 10.6. The fourth-order valence-electron chi connectivity index (χ4n) is 1.24. The molecule has 0 atom stereocenters. The average Bonchev–Trinajstić information content (AvgIpc) is 2.47. The van der Waals surface area contributed by atoms with Crippen LogP contribution in [0.3, 0.4) is 0 Å². The lowest BCUT2D eigenvalue weighted by atomic mass is 10.1. The van der Waals surface area contributed by atoms with Crippen molar-refractivity contribution in [2.45, 2.75) is 6.92 Å². The van der Waals surface area contributed by atoms with Crippen molar-refractivity contribution in [1.29, 1.82) is 0 Å². The summed E-state index contributed by atoms with van der Waals surface area (Å²) in [6, 6.07) is 4.81. The van der Waals surface area contributed by atoms with Crippen molar-refractivity contribution in [3.8, 4) is 0 Å². The van der Waals surface area contributed by atoms with E-state index < -0.39 is 5.97 Å². The zero-order valence-electron chi connectivity index (χ0n) is 6.98. The van der Waals surface area contributed by atoms with Gasteiger partial charge in [-0.05, 0) is 25.1 Å². The Morgan fingerprint density at radius 3 is 2.92 bits per heavy atom. The van der Waals surface area contributed by atoms with Crippen LogP contribution in [0.4, 0.5) is 5.69 Å². The van der Waals surface area contributed by atoms with Gasteiger partial charge in [-0.15, -0.1) is 0 Å². The second-order valence-electron chi connectivity index (χ2n) is 2.82. The van der Waals surface area contributed by atoms with Crippen molar-refractivity contribution < 1.29 is 9.90 Å². The van der Waals surface area contributed by atoms with Gasteiger partial charge >= 0.3 is 5.97 Å². The van der Waals surface area contributed by atoms with Crippen molar-refractivity contribution in [3.63, 3.8) is 0 Å². The normalized spacial score (nSPS) is 13.2. The molecule has 1 radical (unpaired) electrons. The Kier molecular flexibility index (Phi) is 1.55. The number of carbonyl (C=O) groups is 1. The SMILES string of the molecule is CC1=N[N]c2cc(C(=O)O)ccc21. The maximum Gasteiger partial charge on any atom is 0.335 e. The summed E-state index contributed by atoms with van der Waals surface area (Å²) in [6.07, 6.45) is 0. The van der Waals surface area contributed by atoms with Gasteiger partial charge in [0.1, 0.15) is 0 Å². The second kappa shape index (κ2) is 2.58. The molecule has 2 rings (SSSR count). The van der Waals surface area contributed by atoms with Gasteiger partial charge in [0, 0.05) is 5.56 Å². The van der Waals surface area contributed by atoms with Gasteiger partial charge in [-0.1, -0.05) is 0 Å². The molecule has 0 saturated heterocycles. The van der Waals surface area contributed by atoms with Gasteiger partial charge in [0.25, 0.3) is 0 Å². The molecule has 4 nitrogen and oxygen atoms in total. The summed E-state index contributed by atoms with van der Waals surface area (Å²) in [6.45, 7) is 1.84. The van der Waals surface area contributed by atoms with Gasteiger partial charge in [-0.25, -0.2) is 4.79 Å². The van der Waals surface area contributed by atoms with Crippen molar-refractivity contribution in [3.05, 3.63) is 29.3 Å². The van der Waals surface area contributed by atoms with Crippen molar-refractivity contribution in [2.75, 3.05) is 0 Å². The first-order valence-corrected chi connectivity index (χ1v) is 3.81. The lowest BCUT2D eigenvalue weighted by Crippen LogP contribution is -1.97. The molecule has 0 fully saturated rings. The number of rotatable bonds is 1. The summed E-state index contributed by atoms with van der Waals surface area (Å²) in [5.41, 5.74) is 6.46. The molecule has 0 bridgehead atoms. The molecule has 1 aliphatic rings. The lowest BCUT2D eigenvalue weighted by molar-refractivity contribution is 0.0697. The van der Waals surface area contributed by atoms with Gasteiger partial charge in [0.15, 0.2) is 0 Å². The molecule has 0 amide bonds. The standard InChI is InChI=1S/C9H7N2O2/c1-5-7-3-2-6(9(12)13)4-8(7)11-10-5/h2-4H,1H3,(H,12,13). The Labute approximate surface area is 74.9 Å². The molecular weight excluding hydrogens is 168 g/mol. The zero-order chi connectivity index (χ0) is 9.42. The molecule has 0 aromatic heterocycles. The van der Waals surface area contributed by atoms with E-state index in [-0.39, 0.29) is 5.56 Å². The van der Waals surface area contributed by atoms with Crippen molar-refractivity contribution >= 4 is 17.4 Å². The molecule has 65 valence electrons. The summed E-state index contributed by atoms with van der Waals surface area (Å²) in [7, 11) is 0. The Morgan fingerprint density at radius 2 is 2.23 bits per heavy atom. The molecule has 1 aromatic carbocycles. The summed E-state index contributed by atoms with van der Waals surface area (Å²) in [5, 5.41) is 12.6. The number of carboxylic acids is 1. The molecule has 4 heteroatoms. The highest BCUT2D eigenvalue weighted by Crippen LogP contribution is 2.23. The topological polar surface area (TPSA) is 63.8 Å². The Morgan fingerprint density at radius 1 is 1.46 bits per heavy atom. The lowest BCUT2D eigenvalue weighted by Gasteiger charge is -1.98. The van der Waals surface area contributed by atoms with Crippen LogP contribution in [0.5, 0.6) is 0 Å². The second-order valence-corrected chi connectivity index (χ2v) is 2.82. The number of nitrogens with zero attached hydrogens (tertiary/aromatic N) is 2. The third kappa shape index (κ3) is 1.16. The van der Waals surface area contributed by atoms with Crippen LogP contribution in [0.15, 0.2) is 23.3 Å². The molecular formula is C9H7N2O2. The third-order valence-electron chi connectivity index (χ3n) is 1.94. The fourth-order valence-corrected chi connectivity index (χ4v) is 1.24. The number of hydrogen-bond acceptors (Lipinski definition) is 2. The predicted octanol–water partition coefficient (Wildman–Crippen LogP) is 1.36. The minimum Gasteiger partial charge on any atom is -0.478 e. The fraction of sp³-hybridized carbons (Fsp3) is 0.111. The molecule has 1 aliphatic heterocycles. The number of carboxylic acid groups (broad SMARTS) is 1. The molecule has 1 aromatic rings. The summed E-state index contributed by atoms with van der Waals surface area (Å²) >= 11 is 0. The minimum atomic E-state index is -0.942. The van der Waals surface area contributed by atoms with Gasteiger partial charge in [0.2, 0.25) is 0 Å². The predicted molar refractivity (Wildman–Crippen MR) is 47.4 cm³/mol. The smallest absolute Gasteiger partial charge is 0.335 e. The van der Waals surface area contributed by atoms with E-state index in [9.17, 15) is 4.79 Å².